The zero-order chi connectivity index (χ0) is 14.5. The lowest BCUT2D eigenvalue weighted by molar-refractivity contribution is -0.115. The Balaban J connectivity index is 2.06. The molecule has 1 N–H and O–H groups in total. The zero-order valence-electron chi connectivity index (χ0n) is 11.6. The Morgan fingerprint density at radius 3 is 2.85 bits per heavy atom. The van der Waals surface area contributed by atoms with Crippen LogP contribution in [-0.2, 0) is 11.2 Å². The maximum Gasteiger partial charge on any atom is 0.229 e. The van der Waals surface area contributed by atoms with Crippen LogP contribution in [0.3, 0.4) is 0 Å². The fraction of sp³-hybridized carbons (Fsp3) is 0.333. The molecule has 0 aliphatic rings. The van der Waals surface area contributed by atoms with E-state index in [4.69, 9.17) is 11.6 Å². The second-order valence-electron chi connectivity index (χ2n) is 4.73. The summed E-state index contributed by atoms with van der Waals surface area (Å²) >= 11 is 6.06. The van der Waals surface area contributed by atoms with Gasteiger partial charge in [0.2, 0.25) is 5.91 Å². The lowest BCUT2D eigenvalue weighted by atomic mass is 10.1. The average molecular weight is 292 g/mol. The molecule has 0 bridgehead atoms. The van der Waals surface area contributed by atoms with Crippen LogP contribution in [0.2, 0.25) is 5.02 Å². The molecule has 0 aliphatic carbocycles. The van der Waals surface area contributed by atoms with Crippen molar-refractivity contribution in [2.24, 2.45) is 0 Å². The molecule has 1 atom stereocenters. The summed E-state index contributed by atoms with van der Waals surface area (Å²) in [6.07, 6.45) is 2.90. The van der Waals surface area contributed by atoms with E-state index in [1.807, 2.05) is 22.9 Å². The molecule has 2 rings (SSSR count). The number of carbonyl (C=O) groups excluding carboxylic acids is 1. The van der Waals surface area contributed by atoms with Crippen molar-refractivity contribution in [3.05, 3.63) is 47.1 Å². The van der Waals surface area contributed by atoms with Crippen LogP contribution in [-0.4, -0.2) is 15.7 Å². The summed E-state index contributed by atoms with van der Waals surface area (Å²) in [6.45, 7) is 4.15. The van der Waals surface area contributed by atoms with Gasteiger partial charge in [-0.15, -0.1) is 0 Å². The minimum absolute atomic E-state index is 0.0943. The van der Waals surface area contributed by atoms with E-state index in [1.54, 1.807) is 18.3 Å². The van der Waals surface area contributed by atoms with E-state index < -0.39 is 0 Å². The molecule has 4 nitrogen and oxygen atoms in total. The highest BCUT2D eigenvalue weighted by atomic mass is 35.5. The number of amides is 1. The third kappa shape index (κ3) is 3.39. The summed E-state index contributed by atoms with van der Waals surface area (Å²) in [5, 5.41) is 7.73. The van der Waals surface area contributed by atoms with Gasteiger partial charge in [-0.3, -0.25) is 4.79 Å². The highest BCUT2D eigenvalue weighted by Crippen LogP contribution is 2.18. The van der Waals surface area contributed by atoms with E-state index in [9.17, 15) is 4.79 Å². The molecular formula is C15H18ClN3O. The van der Waals surface area contributed by atoms with E-state index in [0.717, 1.165) is 17.8 Å². The van der Waals surface area contributed by atoms with Gasteiger partial charge < -0.3 is 5.32 Å². The van der Waals surface area contributed by atoms with Crippen LogP contribution in [0, 0.1) is 0 Å². The maximum atomic E-state index is 12.1. The molecule has 1 unspecified atom stereocenters. The summed E-state index contributed by atoms with van der Waals surface area (Å²) in [5.41, 5.74) is 0.821. The van der Waals surface area contributed by atoms with Crippen LogP contribution < -0.4 is 5.32 Å². The predicted molar refractivity (Wildman–Crippen MR) is 81.0 cm³/mol. The molecule has 1 aromatic carbocycles. The fourth-order valence-electron chi connectivity index (χ4n) is 1.94. The molecule has 0 radical (unpaired) electrons. The minimum atomic E-state index is -0.0943. The molecular weight excluding hydrogens is 274 g/mol. The SMILES string of the molecule is CCC(C)n1nccc1NC(=O)Cc1ccccc1Cl. The van der Waals surface area contributed by atoms with Gasteiger partial charge in [0.1, 0.15) is 5.82 Å². The molecule has 5 heteroatoms. The van der Waals surface area contributed by atoms with E-state index >= 15 is 0 Å². The molecule has 0 saturated carbocycles. The van der Waals surface area contributed by atoms with Crippen LogP contribution in [0.25, 0.3) is 0 Å². The lowest BCUT2D eigenvalue weighted by Gasteiger charge is -2.14. The smallest absolute Gasteiger partial charge is 0.229 e. The highest BCUT2D eigenvalue weighted by molar-refractivity contribution is 6.31. The number of nitrogens with one attached hydrogen (secondary N) is 1. The summed E-state index contributed by atoms with van der Waals surface area (Å²) in [4.78, 5) is 12.1. The van der Waals surface area contributed by atoms with Crippen LogP contribution in [0.5, 0.6) is 0 Å². The Morgan fingerprint density at radius 1 is 1.40 bits per heavy atom. The van der Waals surface area contributed by atoms with Crippen LogP contribution >= 0.6 is 11.6 Å². The van der Waals surface area contributed by atoms with Gasteiger partial charge in [0.25, 0.3) is 0 Å². The van der Waals surface area contributed by atoms with Crippen LogP contribution in [0.4, 0.5) is 5.82 Å². The molecule has 1 aromatic heterocycles. The minimum Gasteiger partial charge on any atom is -0.311 e. The summed E-state index contributed by atoms with van der Waals surface area (Å²) in [7, 11) is 0. The Labute approximate surface area is 123 Å². The van der Waals surface area contributed by atoms with Crippen molar-refractivity contribution in [3.8, 4) is 0 Å². The van der Waals surface area contributed by atoms with Gasteiger partial charge in [-0.25, -0.2) is 4.68 Å². The Bertz CT molecular complexity index is 594. The van der Waals surface area contributed by atoms with E-state index in [-0.39, 0.29) is 18.4 Å². The second kappa shape index (κ2) is 6.57. The Morgan fingerprint density at radius 2 is 2.15 bits per heavy atom. The van der Waals surface area contributed by atoms with Gasteiger partial charge in [0, 0.05) is 11.1 Å². The van der Waals surface area contributed by atoms with Gasteiger partial charge >= 0.3 is 0 Å². The quantitative estimate of drug-likeness (QED) is 0.913. The van der Waals surface area contributed by atoms with Crippen LogP contribution in [0.1, 0.15) is 31.9 Å². The monoisotopic (exact) mass is 291 g/mol. The van der Waals surface area contributed by atoms with E-state index in [1.165, 1.54) is 0 Å². The van der Waals surface area contributed by atoms with E-state index in [0.29, 0.717) is 5.02 Å². The van der Waals surface area contributed by atoms with Crippen molar-refractivity contribution in [1.82, 2.24) is 9.78 Å². The van der Waals surface area contributed by atoms with Crippen molar-refractivity contribution in [2.45, 2.75) is 32.7 Å². The maximum absolute atomic E-state index is 12.1. The first kappa shape index (κ1) is 14.6. The van der Waals surface area contributed by atoms with Gasteiger partial charge in [-0.05, 0) is 25.0 Å². The van der Waals surface area contributed by atoms with Gasteiger partial charge in [-0.1, -0.05) is 36.7 Å². The topological polar surface area (TPSA) is 46.9 Å². The standard InChI is InChI=1S/C15H18ClN3O/c1-3-11(2)19-14(8-9-17-19)18-15(20)10-12-6-4-5-7-13(12)16/h4-9,11H,3,10H2,1-2H3,(H,18,20). The normalized spacial score (nSPS) is 12.2. The largest absolute Gasteiger partial charge is 0.311 e. The third-order valence-corrected chi connectivity index (χ3v) is 3.62. The van der Waals surface area contributed by atoms with Gasteiger partial charge in [-0.2, -0.15) is 5.10 Å². The number of anilines is 1. The number of nitrogens with zero attached hydrogens (tertiary/aromatic N) is 2. The first-order valence-electron chi connectivity index (χ1n) is 6.68. The molecule has 0 spiro atoms. The van der Waals surface area contributed by atoms with Crippen molar-refractivity contribution in [2.75, 3.05) is 5.32 Å². The number of hydrogen-bond donors (Lipinski definition) is 1. The van der Waals surface area contributed by atoms with Crippen molar-refractivity contribution < 1.29 is 4.79 Å². The van der Waals surface area contributed by atoms with Crippen LogP contribution in [0.15, 0.2) is 36.5 Å². The summed E-state index contributed by atoms with van der Waals surface area (Å²) < 4.78 is 1.82. The van der Waals surface area contributed by atoms with Gasteiger partial charge in [0.05, 0.1) is 18.7 Å². The second-order valence-corrected chi connectivity index (χ2v) is 5.14. The summed E-state index contributed by atoms with van der Waals surface area (Å²) in [6, 6.07) is 9.42. The molecule has 1 amide bonds. The zero-order valence-corrected chi connectivity index (χ0v) is 12.4. The Kier molecular flexibility index (Phi) is 4.79. The first-order valence-corrected chi connectivity index (χ1v) is 7.06. The van der Waals surface area contributed by atoms with E-state index in [2.05, 4.69) is 24.3 Å². The highest BCUT2D eigenvalue weighted by Gasteiger charge is 2.12. The third-order valence-electron chi connectivity index (χ3n) is 3.25. The molecule has 106 valence electrons. The predicted octanol–water partition coefficient (Wildman–Crippen LogP) is 3.69. The number of hydrogen-bond acceptors (Lipinski definition) is 2. The fourth-order valence-corrected chi connectivity index (χ4v) is 2.14. The number of halogens is 1. The van der Waals surface area contributed by atoms with Gasteiger partial charge in [0.15, 0.2) is 0 Å². The molecule has 2 aromatic rings. The molecule has 0 aliphatic heterocycles. The first-order chi connectivity index (χ1) is 9.61. The Hall–Kier alpha value is -1.81. The molecule has 1 heterocycles. The average Bonchev–Trinajstić information content (AvgIpc) is 2.88. The number of carbonyl (C=O) groups is 1. The van der Waals surface area contributed by atoms with Crippen molar-refractivity contribution in [1.29, 1.82) is 0 Å². The molecule has 0 fully saturated rings. The molecule has 20 heavy (non-hydrogen) atoms. The van der Waals surface area contributed by atoms with Crippen molar-refractivity contribution in [3.63, 3.8) is 0 Å². The molecule has 0 saturated heterocycles. The van der Waals surface area contributed by atoms with Crippen molar-refractivity contribution >= 4 is 23.3 Å². The number of rotatable bonds is 5. The summed E-state index contributed by atoms with van der Waals surface area (Å²) in [5.74, 6) is 0.625. The lowest BCUT2D eigenvalue weighted by Crippen LogP contribution is -2.19. The number of aromatic nitrogens is 2. The number of benzene rings is 1.